The van der Waals surface area contributed by atoms with E-state index in [2.05, 4.69) is 180 Å². The van der Waals surface area contributed by atoms with Gasteiger partial charge in [-0.3, -0.25) is 8.80 Å². The maximum Gasteiger partial charge on any atom is 0.146 e. The zero-order valence-corrected chi connectivity index (χ0v) is 26.8. The highest BCUT2D eigenvalue weighted by Gasteiger charge is 2.15. The van der Waals surface area contributed by atoms with E-state index in [1.54, 1.807) is 0 Å². The molecule has 0 spiro atoms. The van der Waals surface area contributed by atoms with Crippen LogP contribution in [0.1, 0.15) is 0 Å². The molecule has 0 saturated carbocycles. The molecule has 222 valence electrons. The number of fused-ring (bicyclic) bond motifs is 12. The molecule has 10 aromatic rings. The second-order valence-corrected chi connectivity index (χ2v) is 12.4. The van der Waals surface area contributed by atoms with Crippen molar-refractivity contribution in [2.75, 3.05) is 0 Å². The van der Waals surface area contributed by atoms with Crippen LogP contribution < -0.4 is 0 Å². The van der Waals surface area contributed by atoms with Crippen molar-refractivity contribution in [1.29, 1.82) is 0 Å². The summed E-state index contributed by atoms with van der Waals surface area (Å²) in [6.07, 6.45) is 5.78. The Kier molecular flexibility index (Phi) is 6.58. The molecule has 10 rings (SSSR count). The molecule has 4 heterocycles. The number of rotatable bonds is 2. The van der Waals surface area contributed by atoms with Crippen LogP contribution >= 0.6 is 15.9 Å². The van der Waals surface area contributed by atoms with E-state index in [9.17, 15) is 0 Å². The predicted molar refractivity (Wildman–Crippen MR) is 199 cm³/mol. The summed E-state index contributed by atoms with van der Waals surface area (Å²) < 4.78 is 5.34. The Hall–Kier alpha value is -5.78. The third kappa shape index (κ3) is 4.43. The lowest BCUT2D eigenvalue weighted by Crippen LogP contribution is -1.93. The molecule has 0 unspecified atom stereocenters. The van der Waals surface area contributed by atoms with Crippen LogP contribution in [0.5, 0.6) is 0 Å². The SMILES string of the molecule is Brc1cnc2c3ccccc3c3c(-c4ccccc4)cccc3n12.c1ccc(-c2cccc3c2c2ccccc2c2nccn32)cc1. The lowest BCUT2D eigenvalue weighted by atomic mass is 9.96. The quantitative estimate of drug-likeness (QED) is 0.172. The summed E-state index contributed by atoms with van der Waals surface area (Å²) in [5.74, 6) is 0. The molecule has 47 heavy (non-hydrogen) atoms. The van der Waals surface area contributed by atoms with Gasteiger partial charge in [0.15, 0.2) is 0 Å². The minimum Gasteiger partial charge on any atom is -0.299 e. The van der Waals surface area contributed by atoms with Crippen molar-refractivity contribution in [2.45, 2.75) is 0 Å². The molecule has 0 fully saturated rings. The molecule has 4 aromatic heterocycles. The zero-order chi connectivity index (χ0) is 31.3. The highest BCUT2D eigenvalue weighted by atomic mass is 79.9. The molecule has 0 atom stereocenters. The summed E-state index contributed by atoms with van der Waals surface area (Å²) in [4.78, 5) is 9.18. The summed E-state index contributed by atoms with van der Waals surface area (Å²) in [6.45, 7) is 0. The molecule has 0 N–H and O–H groups in total. The third-order valence-corrected chi connectivity index (χ3v) is 9.55. The van der Waals surface area contributed by atoms with Gasteiger partial charge in [-0.1, -0.05) is 133 Å². The van der Waals surface area contributed by atoms with Crippen molar-refractivity contribution in [3.05, 3.63) is 169 Å². The Morgan fingerprint density at radius 2 is 0.957 bits per heavy atom. The molecule has 5 heteroatoms. The number of hydrogen-bond donors (Lipinski definition) is 0. The van der Waals surface area contributed by atoms with Crippen molar-refractivity contribution in [2.24, 2.45) is 0 Å². The van der Waals surface area contributed by atoms with Gasteiger partial charge >= 0.3 is 0 Å². The zero-order valence-electron chi connectivity index (χ0n) is 25.3. The molecule has 0 radical (unpaired) electrons. The average molecular weight is 668 g/mol. The summed E-state index contributed by atoms with van der Waals surface area (Å²) >= 11 is 3.66. The van der Waals surface area contributed by atoms with Crippen molar-refractivity contribution in [3.63, 3.8) is 0 Å². The average Bonchev–Trinajstić information content (AvgIpc) is 3.80. The van der Waals surface area contributed by atoms with Gasteiger partial charge in [-0.2, -0.15) is 0 Å². The van der Waals surface area contributed by atoms with Crippen LogP contribution in [-0.4, -0.2) is 18.8 Å². The van der Waals surface area contributed by atoms with Crippen LogP contribution in [-0.2, 0) is 0 Å². The smallest absolute Gasteiger partial charge is 0.146 e. The molecule has 4 nitrogen and oxygen atoms in total. The van der Waals surface area contributed by atoms with E-state index in [1.807, 2.05) is 18.6 Å². The van der Waals surface area contributed by atoms with Crippen LogP contribution in [0.25, 0.3) is 76.9 Å². The summed E-state index contributed by atoms with van der Waals surface area (Å²) in [5, 5.41) is 7.37. The number of pyridine rings is 2. The Labute approximate surface area is 279 Å². The van der Waals surface area contributed by atoms with E-state index in [0.29, 0.717) is 0 Å². The minimum atomic E-state index is 0.971. The van der Waals surface area contributed by atoms with E-state index in [0.717, 1.165) is 21.4 Å². The summed E-state index contributed by atoms with van der Waals surface area (Å²) in [6, 6.07) is 51.1. The predicted octanol–water partition coefficient (Wildman–Crippen LogP) is 11.4. The first-order valence-electron chi connectivity index (χ1n) is 15.6. The van der Waals surface area contributed by atoms with Crippen molar-refractivity contribution in [3.8, 4) is 22.3 Å². The normalized spacial score (nSPS) is 11.5. The first kappa shape index (κ1) is 27.5. The Morgan fingerprint density at radius 3 is 1.57 bits per heavy atom. The Morgan fingerprint density at radius 1 is 0.447 bits per heavy atom. The maximum absolute atomic E-state index is 4.62. The van der Waals surface area contributed by atoms with E-state index in [4.69, 9.17) is 0 Å². The topological polar surface area (TPSA) is 34.6 Å². The largest absolute Gasteiger partial charge is 0.299 e. The van der Waals surface area contributed by atoms with E-state index in [1.165, 1.54) is 60.1 Å². The van der Waals surface area contributed by atoms with Crippen LogP contribution in [0.4, 0.5) is 0 Å². The molecule has 0 saturated heterocycles. The second kappa shape index (κ2) is 11.2. The number of halogens is 1. The third-order valence-electron chi connectivity index (χ3n) is 8.99. The number of imidazole rings is 2. The van der Waals surface area contributed by atoms with Gasteiger partial charge in [-0.15, -0.1) is 0 Å². The van der Waals surface area contributed by atoms with Gasteiger partial charge in [-0.05, 0) is 61.1 Å². The van der Waals surface area contributed by atoms with Gasteiger partial charge in [0, 0.05) is 33.9 Å². The molecule has 0 bridgehead atoms. The maximum atomic E-state index is 4.62. The van der Waals surface area contributed by atoms with E-state index < -0.39 is 0 Å². The lowest BCUT2D eigenvalue weighted by Gasteiger charge is -2.13. The van der Waals surface area contributed by atoms with Crippen molar-refractivity contribution < 1.29 is 0 Å². The number of hydrogen-bond acceptors (Lipinski definition) is 2. The van der Waals surface area contributed by atoms with Crippen LogP contribution in [0.3, 0.4) is 0 Å². The van der Waals surface area contributed by atoms with Crippen LogP contribution in [0.15, 0.2) is 169 Å². The Balaban J connectivity index is 0.000000129. The van der Waals surface area contributed by atoms with Crippen molar-refractivity contribution >= 4 is 70.6 Å². The number of aromatic nitrogens is 4. The van der Waals surface area contributed by atoms with Gasteiger partial charge in [0.05, 0.1) is 17.2 Å². The number of benzene rings is 6. The lowest BCUT2D eigenvalue weighted by molar-refractivity contribution is 1.23. The van der Waals surface area contributed by atoms with E-state index >= 15 is 0 Å². The van der Waals surface area contributed by atoms with Crippen LogP contribution in [0, 0.1) is 0 Å². The fourth-order valence-corrected chi connectivity index (χ4v) is 7.45. The van der Waals surface area contributed by atoms with Gasteiger partial charge in [0.2, 0.25) is 0 Å². The van der Waals surface area contributed by atoms with Gasteiger partial charge in [0.25, 0.3) is 0 Å². The first-order chi connectivity index (χ1) is 23.3. The first-order valence-corrected chi connectivity index (χ1v) is 16.4. The van der Waals surface area contributed by atoms with Gasteiger partial charge in [-0.25, -0.2) is 9.97 Å². The fraction of sp³-hybridized carbons (Fsp3) is 0. The summed E-state index contributed by atoms with van der Waals surface area (Å²) in [7, 11) is 0. The van der Waals surface area contributed by atoms with Gasteiger partial charge < -0.3 is 0 Å². The summed E-state index contributed by atoms with van der Waals surface area (Å²) in [5.41, 5.74) is 9.31. The van der Waals surface area contributed by atoms with Crippen molar-refractivity contribution in [1.82, 2.24) is 18.8 Å². The standard InChI is InChI=1S/C21H13BrN2.C21H14N2/c22-19-13-23-21-17-10-5-4-9-16(17)20-15(14-7-2-1-3-8-14)11-6-12-18(20)24(19)21;1-2-7-15(8-3-1)16-11-6-12-19-20(16)17-9-4-5-10-18(17)21-22-13-14-23(19)21/h1-13H;1-14H. The number of nitrogens with zero attached hydrogens (tertiary/aromatic N) is 4. The molecular formula is C42H27BrN4. The van der Waals surface area contributed by atoms with E-state index in [-0.39, 0.29) is 0 Å². The molecule has 0 amide bonds. The minimum absolute atomic E-state index is 0.971. The molecule has 0 aliphatic carbocycles. The highest BCUT2D eigenvalue weighted by Crippen LogP contribution is 2.38. The van der Waals surface area contributed by atoms with Crippen LogP contribution in [0.2, 0.25) is 0 Å². The molecule has 0 aliphatic heterocycles. The monoisotopic (exact) mass is 666 g/mol. The molecular weight excluding hydrogens is 640 g/mol. The van der Waals surface area contributed by atoms with Gasteiger partial charge in [0.1, 0.15) is 15.9 Å². The fourth-order valence-electron chi connectivity index (χ4n) is 6.99. The Bertz CT molecular complexity index is 2750. The second-order valence-electron chi connectivity index (χ2n) is 11.6. The highest BCUT2D eigenvalue weighted by molar-refractivity contribution is 9.10. The molecule has 0 aliphatic rings. The molecule has 6 aromatic carbocycles.